The zero-order valence-corrected chi connectivity index (χ0v) is 14.4. The van der Waals surface area contributed by atoms with E-state index in [9.17, 15) is 5.11 Å². The van der Waals surface area contributed by atoms with Crippen LogP contribution in [0.1, 0.15) is 33.3 Å². The molecular formula is C15H23BrClNO. The van der Waals surface area contributed by atoms with Crippen LogP contribution in [0.4, 0.5) is 0 Å². The Kier molecular flexibility index (Phi) is 6.31. The first-order valence-electron chi connectivity index (χ1n) is 6.69. The van der Waals surface area contributed by atoms with Crippen LogP contribution >= 0.6 is 27.5 Å². The number of likely N-dealkylation sites (N-methyl/N-ethyl adjacent to an activating group) is 1. The van der Waals surface area contributed by atoms with Gasteiger partial charge in [-0.25, -0.2) is 0 Å². The van der Waals surface area contributed by atoms with Gasteiger partial charge < -0.3 is 5.11 Å². The standard InChI is InChI=1S/C15H23BrClNO/c1-5-18(6-2)15(3,4)14(19)9-11-7-8-12(16)10-13(11)17/h7-8,10,14,19H,5-6,9H2,1-4H3. The predicted molar refractivity (Wildman–Crippen MR) is 85.9 cm³/mol. The molecule has 0 aromatic heterocycles. The fourth-order valence-corrected chi connectivity index (χ4v) is 3.15. The molecule has 1 unspecified atom stereocenters. The van der Waals surface area contributed by atoms with Crippen molar-refractivity contribution in [2.24, 2.45) is 0 Å². The van der Waals surface area contributed by atoms with Gasteiger partial charge in [-0.1, -0.05) is 47.4 Å². The van der Waals surface area contributed by atoms with E-state index >= 15 is 0 Å². The summed E-state index contributed by atoms with van der Waals surface area (Å²) in [6.45, 7) is 10.2. The summed E-state index contributed by atoms with van der Waals surface area (Å²) < 4.78 is 0.957. The van der Waals surface area contributed by atoms with Crippen LogP contribution in [-0.2, 0) is 6.42 Å². The second-order valence-corrected chi connectivity index (χ2v) is 6.60. The third-order valence-electron chi connectivity index (χ3n) is 3.82. The van der Waals surface area contributed by atoms with E-state index in [1.54, 1.807) is 0 Å². The molecule has 108 valence electrons. The molecule has 0 fully saturated rings. The minimum atomic E-state index is -0.453. The highest BCUT2D eigenvalue weighted by molar-refractivity contribution is 9.10. The van der Waals surface area contributed by atoms with Crippen LogP contribution in [0.3, 0.4) is 0 Å². The quantitative estimate of drug-likeness (QED) is 0.835. The summed E-state index contributed by atoms with van der Waals surface area (Å²) in [6.07, 6.45) is 0.112. The number of aliphatic hydroxyl groups excluding tert-OH is 1. The first-order valence-corrected chi connectivity index (χ1v) is 7.87. The monoisotopic (exact) mass is 347 g/mol. The molecule has 19 heavy (non-hydrogen) atoms. The first-order chi connectivity index (χ1) is 8.82. The van der Waals surface area contributed by atoms with Gasteiger partial charge >= 0.3 is 0 Å². The summed E-state index contributed by atoms with van der Waals surface area (Å²) in [5, 5.41) is 11.2. The van der Waals surface area contributed by atoms with Crippen molar-refractivity contribution in [3.05, 3.63) is 33.3 Å². The maximum absolute atomic E-state index is 10.5. The molecule has 1 aromatic carbocycles. The zero-order valence-electron chi connectivity index (χ0n) is 12.1. The Hall–Kier alpha value is -0.0900. The Labute approximate surface area is 129 Å². The topological polar surface area (TPSA) is 23.5 Å². The lowest BCUT2D eigenvalue weighted by Gasteiger charge is -2.41. The van der Waals surface area contributed by atoms with E-state index in [-0.39, 0.29) is 5.54 Å². The molecule has 1 aromatic rings. The van der Waals surface area contributed by atoms with Crippen molar-refractivity contribution in [3.63, 3.8) is 0 Å². The molecule has 1 N–H and O–H groups in total. The van der Waals surface area contributed by atoms with Gasteiger partial charge in [0.25, 0.3) is 0 Å². The number of nitrogens with zero attached hydrogens (tertiary/aromatic N) is 1. The maximum atomic E-state index is 10.5. The van der Waals surface area contributed by atoms with Crippen LogP contribution in [0, 0.1) is 0 Å². The minimum Gasteiger partial charge on any atom is -0.391 e. The smallest absolute Gasteiger partial charge is 0.0759 e. The van der Waals surface area contributed by atoms with Crippen molar-refractivity contribution < 1.29 is 5.11 Å². The van der Waals surface area contributed by atoms with Gasteiger partial charge in [0.1, 0.15) is 0 Å². The lowest BCUT2D eigenvalue weighted by Crippen LogP contribution is -2.53. The SMILES string of the molecule is CCN(CC)C(C)(C)C(O)Cc1ccc(Br)cc1Cl. The third-order valence-corrected chi connectivity index (χ3v) is 4.67. The number of aliphatic hydroxyl groups is 1. The van der Waals surface area contributed by atoms with Gasteiger partial charge in [0.2, 0.25) is 0 Å². The van der Waals surface area contributed by atoms with E-state index in [0.717, 1.165) is 23.1 Å². The van der Waals surface area contributed by atoms with Crippen LogP contribution in [-0.4, -0.2) is 34.7 Å². The van der Waals surface area contributed by atoms with E-state index < -0.39 is 6.10 Å². The number of rotatable bonds is 6. The van der Waals surface area contributed by atoms with E-state index in [1.165, 1.54) is 0 Å². The molecule has 0 saturated carbocycles. The highest BCUT2D eigenvalue weighted by Gasteiger charge is 2.32. The molecule has 0 aliphatic heterocycles. The van der Waals surface area contributed by atoms with Crippen molar-refractivity contribution >= 4 is 27.5 Å². The maximum Gasteiger partial charge on any atom is 0.0759 e. The molecule has 1 atom stereocenters. The highest BCUT2D eigenvalue weighted by Crippen LogP contribution is 2.27. The second-order valence-electron chi connectivity index (χ2n) is 5.28. The highest BCUT2D eigenvalue weighted by atomic mass is 79.9. The molecule has 4 heteroatoms. The summed E-state index contributed by atoms with van der Waals surface area (Å²) in [7, 11) is 0. The van der Waals surface area contributed by atoms with Gasteiger partial charge in [-0.3, -0.25) is 4.90 Å². The van der Waals surface area contributed by atoms with Gasteiger partial charge in [-0.15, -0.1) is 0 Å². The molecule has 0 spiro atoms. The molecule has 0 aliphatic carbocycles. The fraction of sp³-hybridized carbons (Fsp3) is 0.600. The normalized spacial score (nSPS) is 13.9. The molecular weight excluding hydrogens is 326 g/mol. The van der Waals surface area contributed by atoms with Crippen LogP contribution in [0.5, 0.6) is 0 Å². The molecule has 0 saturated heterocycles. The van der Waals surface area contributed by atoms with Gasteiger partial charge in [0, 0.05) is 21.5 Å². The molecule has 2 nitrogen and oxygen atoms in total. The van der Waals surface area contributed by atoms with Crippen molar-refractivity contribution in [3.8, 4) is 0 Å². The van der Waals surface area contributed by atoms with E-state index in [1.807, 2.05) is 18.2 Å². The Morgan fingerprint density at radius 1 is 1.32 bits per heavy atom. The predicted octanol–water partition coefficient (Wildman–Crippen LogP) is 4.13. The van der Waals surface area contributed by atoms with E-state index in [0.29, 0.717) is 11.4 Å². The Balaban J connectivity index is 2.86. The Morgan fingerprint density at radius 2 is 1.89 bits per heavy atom. The Morgan fingerprint density at radius 3 is 2.37 bits per heavy atom. The van der Waals surface area contributed by atoms with Gasteiger partial charge in [-0.2, -0.15) is 0 Å². The first kappa shape index (κ1) is 17.0. The molecule has 1 rings (SSSR count). The van der Waals surface area contributed by atoms with Crippen LogP contribution in [0.15, 0.2) is 22.7 Å². The molecule has 0 amide bonds. The van der Waals surface area contributed by atoms with E-state index in [4.69, 9.17) is 11.6 Å². The summed E-state index contributed by atoms with van der Waals surface area (Å²) in [5.74, 6) is 0. The number of halogens is 2. The van der Waals surface area contributed by atoms with Crippen molar-refractivity contribution in [2.45, 2.75) is 45.8 Å². The fourth-order valence-electron chi connectivity index (χ4n) is 2.39. The Bertz CT molecular complexity index is 419. The number of benzene rings is 1. The lowest BCUT2D eigenvalue weighted by atomic mass is 9.90. The van der Waals surface area contributed by atoms with Crippen LogP contribution in [0.25, 0.3) is 0 Å². The summed E-state index contributed by atoms with van der Waals surface area (Å²) >= 11 is 9.61. The van der Waals surface area contributed by atoms with Crippen LogP contribution in [0.2, 0.25) is 5.02 Å². The average Bonchev–Trinajstić information content (AvgIpc) is 2.33. The second kappa shape index (κ2) is 7.07. The van der Waals surface area contributed by atoms with Gasteiger partial charge in [0.15, 0.2) is 0 Å². The average molecular weight is 349 g/mol. The number of hydrogen-bond acceptors (Lipinski definition) is 2. The summed E-state index contributed by atoms with van der Waals surface area (Å²) in [6, 6.07) is 5.79. The summed E-state index contributed by atoms with van der Waals surface area (Å²) in [5.41, 5.74) is 0.720. The number of hydrogen-bond donors (Lipinski definition) is 1. The van der Waals surface area contributed by atoms with Crippen LogP contribution < -0.4 is 0 Å². The van der Waals surface area contributed by atoms with Gasteiger partial charge in [-0.05, 0) is 44.6 Å². The van der Waals surface area contributed by atoms with Crippen molar-refractivity contribution in [2.75, 3.05) is 13.1 Å². The third kappa shape index (κ3) is 4.19. The zero-order chi connectivity index (χ0) is 14.6. The molecule has 0 radical (unpaired) electrons. The molecule has 0 aliphatic rings. The van der Waals surface area contributed by atoms with E-state index in [2.05, 4.69) is 48.5 Å². The largest absolute Gasteiger partial charge is 0.391 e. The lowest BCUT2D eigenvalue weighted by molar-refractivity contribution is -0.00414. The summed E-state index contributed by atoms with van der Waals surface area (Å²) in [4.78, 5) is 2.27. The molecule has 0 bridgehead atoms. The van der Waals surface area contributed by atoms with Gasteiger partial charge in [0.05, 0.1) is 6.10 Å². The van der Waals surface area contributed by atoms with Crippen molar-refractivity contribution in [1.82, 2.24) is 4.90 Å². The van der Waals surface area contributed by atoms with Crippen molar-refractivity contribution in [1.29, 1.82) is 0 Å². The minimum absolute atomic E-state index is 0.264. The molecule has 0 heterocycles.